The van der Waals surface area contributed by atoms with Crippen LogP contribution in [-0.2, 0) is 4.79 Å². The van der Waals surface area contributed by atoms with Crippen molar-refractivity contribution in [3.05, 3.63) is 0 Å². The molecule has 100 valence electrons. The molecular formula is C12H24ClN3O. The molecule has 4 nitrogen and oxygen atoms in total. The van der Waals surface area contributed by atoms with E-state index in [0.717, 1.165) is 38.9 Å². The van der Waals surface area contributed by atoms with Crippen LogP contribution in [0.25, 0.3) is 0 Å². The van der Waals surface area contributed by atoms with Crippen LogP contribution in [0.2, 0.25) is 0 Å². The van der Waals surface area contributed by atoms with Crippen LogP contribution >= 0.6 is 12.4 Å². The monoisotopic (exact) mass is 261 g/mol. The van der Waals surface area contributed by atoms with Crippen molar-refractivity contribution in [2.75, 3.05) is 26.2 Å². The van der Waals surface area contributed by atoms with Gasteiger partial charge in [0.25, 0.3) is 0 Å². The normalized spacial score (nSPS) is 30.1. The minimum absolute atomic E-state index is 0. The molecule has 2 rings (SSSR count). The number of nitrogens with two attached hydrogens (primary N) is 1. The van der Waals surface area contributed by atoms with Crippen LogP contribution in [0.3, 0.4) is 0 Å². The van der Waals surface area contributed by atoms with Crippen molar-refractivity contribution in [1.82, 2.24) is 9.80 Å². The highest BCUT2D eigenvalue weighted by molar-refractivity contribution is 5.85. The summed E-state index contributed by atoms with van der Waals surface area (Å²) in [4.78, 5) is 16.4. The molecule has 0 aromatic rings. The lowest BCUT2D eigenvalue weighted by Gasteiger charge is -2.34. The third kappa shape index (κ3) is 3.83. The summed E-state index contributed by atoms with van der Waals surface area (Å²) in [6.45, 7) is 5.54. The van der Waals surface area contributed by atoms with E-state index < -0.39 is 0 Å². The molecule has 17 heavy (non-hydrogen) atoms. The number of carbonyl (C=O) groups is 1. The Morgan fingerprint density at radius 1 is 1.29 bits per heavy atom. The molecule has 1 unspecified atom stereocenters. The van der Waals surface area contributed by atoms with E-state index in [1.807, 2.05) is 4.90 Å². The Kier molecular flexibility index (Phi) is 5.70. The number of rotatable bonds is 2. The molecule has 2 fully saturated rings. The van der Waals surface area contributed by atoms with Gasteiger partial charge in [-0.1, -0.05) is 0 Å². The van der Waals surface area contributed by atoms with Gasteiger partial charge in [0.05, 0.1) is 6.54 Å². The van der Waals surface area contributed by atoms with E-state index >= 15 is 0 Å². The molecule has 0 bridgehead atoms. The average molecular weight is 262 g/mol. The van der Waals surface area contributed by atoms with E-state index in [-0.39, 0.29) is 18.4 Å². The van der Waals surface area contributed by atoms with Crippen molar-refractivity contribution in [3.8, 4) is 0 Å². The van der Waals surface area contributed by atoms with Gasteiger partial charge in [-0.25, -0.2) is 0 Å². The van der Waals surface area contributed by atoms with Gasteiger partial charge >= 0.3 is 0 Å². The number of nitrogens with zero attached hydrogens (tertiary/aromatic N) is 2. The SMILES string of the molecule is CC1CCCCN1C(=O)CN1CC[C@@H](N)C1.Cl. The van der Waals surface area contributed by atoms with Gasteiger partial charge in [-0.05, 0) is 32.6 Å². The Balaban J connectivity index is 0.00000144. The molecule has 2 aliphatic heterocycles. The van der Waals surface area contributed by atoms with Gasteiger partial charge in [0.15, 0.2) is 0 Å². The predicted octanol–water partition coefficient (Wildman–Crippen LogP) is 0.842. The molecule has 2 atom stereocenters. The van der Waals surface area contributed by atoms with Crippen LogP contribution in [0, 0.1) is 0 Å². The maximum absolute atomic E-state index is 12.1. The zero-order valence-corrected chi connectivity index (χ0v) is 11.4. The second kappa shape index (κ2) is 6.57. The van der Waals surface area contributed by atoms with Gasteiger partial charge in [0, 0.05) is 31.7 Å². The molecule has 0 spiro atoms. The first-order valence-electron chi connectivity index (χ1n) is 6.44. The van der Waals surface area contributed by atoms with Crippen LogP contribution < -0.4 is 5.73 Å². The van der Waals surface area contributed by atoms with E-state index in [4.69, 9.17) is 5.73 Å². The first kappa shape index (κ1) is 14.7. The van der Waals surface area contributed by atoms with E-state index in [0.29, 0.717) is 18.5 Å². The van der Waals surface area contributed by atoms with Gasteiger partial charge < -0.3 is 10.6 Å². The molecule has 0 radical (unpaired) electrons. The number of carbonyl (C=O) groups excluding carboxylic acids is 1. The molecule has 0 aromatic heterocycles. The summed E-state index contributed by atoms with van der Waals surface area (Å²) < 4.78 is 0. The van der Waals surface area contributed by atoms with Crippen molar-refractivity contribution < 1.29 is 4.79 Å². The third-order valence-electron chi connectivity index (χ3n) is 3.79. The molecule has 0 saturated carbocycles. The Hall–Kier alpha value is -0.320. The number of hydrogen-bond acceptors (Lipinski definition) is 3. The van der Waals surface area contributed by atoms with Crippen LogP contribution in [0.5, 0.6) is 0 Å². The quantitative estimate of drug-likeness (QED) is 0.802. The first-order valence-corrected chi connectivity index (χ1v) is 6.44. The number of likely N-dealkylation sites (tertiary alicyclic amines) is 2. The van der Waals surface area contributed by atoms with Crippen LogP contribution in [0.4, 0.5) is 0 Å². The highest BCUT2D eigenvalue weighted by atomic mass is 35.5. The van der Waals surface area contributed by atoms with Gasteiger partial charge in [-0.2, -0.15) is 0 Å². The predicted molar refractivity (Wildman–Crippen MR) is 71.3 cm³/mol. The molecule has 2 saturated heterocycles. The average Bonchev–Trinajstić information content (AvgIpc) is 2.64. The second-order valence-corrected chi connectivity index (χ2v) is 5.22. The van der Waals surface area contributed by atoms with E-state index in [2.05, 4.69) is 11.8 Å². The van der Waals surface area contributed by atoms with Crippen molar-refractivity contribution in [2.45, 2.75) is 44.7 Å². The lowest BCUT2D eigenvalue weighted by atomic mass is 10.0. The van der Waals surface area contributed by atoms with Gasteiger partial charge in [-0.3, -0.25) is 9.69 Å². The van der Waals surface area contributed by atoms with Gasteiger partial charge in [0.1, 0.15) is 0 Å². The highest BCUT2D eigenvalue weighted by Crippen LogP contribution is 2.17. The molecule has 2 N–H and O–H groups in total. The first-order chi connectivity index (χ1) is 7.66. The third-order valence-corrected chi connectivity index (χ3v) is 3.79. The zero-order chi connectivity index (χ0) is 11.5. The fraction of sp³-hybridized carbons (Fsp3) is 0.917. The second-order valence-electron chi connectivity index (χ2n) is 5.22. The number of hydrogen-bond donors (Lipinski definition) is 1. The standard InChI is InChI=1S/C12H23N3O.ClH/c1-10-4-2-3-6-15(10)12(16)9-14-7-5-11(13)8-14;/h10-11H,2-9,13H2,1H3;1H/t10?,11-;/m1./s1. The zero-order valence-electron chi connectivity index (χ0n) is 10.6. The Morgan fingerprint density at radius 2 is 2.06 bits per heavy atom. The minimum atomic E-state index is 0. The molecule has 0 aliphatic carbocycles. The van der Waals surface area contributed by atoms with Crippen LogP contribution in [0.1, 0.15) is 32.6 Å². The fourth-order valence-electron chi connectivity index (χ4n) is 2.76. The number of halogens is 1. The molecule has 1 amide bonds. The summed E-state index contributed by atoms with van der Waals surface area (Å²) in [7, 11) is 0. The van der Waals surface area contributed by atoms with E-state index in [1.54, 1.807) is 0 Å². The topological polar surface area (TPSA) is 49.6 Å². The fourth-order valence-corrected chi connectivity index (χ4v) is 2.76. The molecule has 2 aliphatic rings. The molecule has 2 heterocycles. The van der Waals surface area contributed by atoms with Crippen molar-refractivity contribution in [1.29, 1.82) is 0 Å². The summed E-state index contributed by atoms with van der Waals surface area (Å²) in [6.07, 6.45) is 4.61. The lowest BCUT2D eigenvalue weighted by molar-refractivity contribution is -0.135. The highest BCUT2D eigenvalue weighted by Gasteiger charge is 2.27. The summed E-state index contributed by atoms with van der Waals surface area (Å²) in [5.41, 5.74) is 5.84. The molecule has 0 aromatic carbocycles. The van der Waals surface area contributed by atoms with Crippen molar-refractivity contribution >= 4 is 18.3 Å². The van der Waals surface area contributed by atoms with Gasteiger partial charge in [-0.15, -0.1) is 12.4 Å². The minimum Gasteiger partial charge on any atom is -0.339 e. The Bertz CT molecular complexity index is 262. The van der Waals surface area contributed by atoms with E-state index in [1.165, 1.54) is 6.42 Å². The Labute approximate surface area is 110 Å². The summed E-state index contributed by atoms with van der Waals surface area (Å²) in [6, 6.07) is 0.698. The van der Waals surface area contributed by atoms with E-state index in [9.17, 15) is 4.79 Å². The van der Waals surface area contributed by atoms with Gasteiger partial charge in [0.2, 0.25) is 5.91 Å². The van der Waals surface area contributed by atoms with Crippen molar-refractivity contribution in [3.63, 3.8) is 0 Å². The number of piperidine rings is 1. The largest absolute Gasteiger partial charge is 0.339 e. The summed E-state index contributed by atoms with van der Waals surface area (Å²) in [5.74, 6) is 0.293. The molecular weight excluding hydrogens is 238 g/mol. The number of amides is 1. The Morgan fingerprint density at radius 3 is 2.65 bits per heavy atom. The molecule has 5 heteroatoms. The van der Waals surface area contributed by atoms with Crippen LogP contribution in [0.15, 0.2) is 0 Å². The lowest BCUT2D eigenvalue weighted by Crippen LogP contribution is -2.46. The maximum Gasteiger partial charge on any atom is 0.236 e. The summed E-state index contributed by atoms with van der Waals surface area (Å²) >= 11 is 0. The van der Waals surface area contributed by atoms with Crippen molar-refractivity contribution in [2.24, 2.45) is 5.73 Å². The van der Waals surface area contributed by atoms with Crippen LogP contribution in [-0.4, -0.2) is 54.0 Å². The summed E-state index contributed by atoms with van der Waals surface area (Å²) in [5, 5.41) is 0. The maximum atomic E-state index is 12.1. The smallest absolute Gasteiger partial charge is 0.236 e.